The smallest absolute Gasteiger partial charge is 0.231 e. The van der Waals surface area contributed by atoms with E-state index in [-0.39, 0.29) is 12.5 Å². The Balaban J connectivity index is 1.37. The largest absolute Gasteiger partial charge is 0.369 e. The molecule has 168 valence electrons. The van der Waals surface area contributed by atoms with Crippen LogP contribution >= 0.6 is 0 Å². The SMILES string of the molecule is CN(CC(N)=O)Cc1cccc(-c2cnc(N3CCN(c4ccc(C#N)nc4)CC3)nc2)c1. The van der Waals surface area contributed by atoms with Gasteiger partial charge >= 0.3 is 0 Å². The van der Waals surface area contributed by atoms with Crippen LogP contribution < -0.4 is 15.5 Å². The van der Waals surface area contributed by atoms with Crippen molar-refractivity contribution < 1.29 is 4.79 Å². The third kappa shape index (κ3) is 5.61. The van der Waals surface area contributed by atoms with E-state index in [9.17, 15) is 4.79 Å². The molecule has 0 saturated carbocycles. The molecule has 33 heavy (non-hydrogen) atoms. The van der Waals surface area contributed by atoms with Crippen LogP contribution in [0.2, 0.25) is 0 Å². The van der Waals surface area contributed by atoms with Crippen molar-refractivity contribution in [3.05, 3.63) is 66.2 Å². The summed E-state index contributed by atoms with van der Waals surface area (Å²) in [6.45, 7) is 4.13. The number of carbonyl (C=O) groups is 1. The Bertz CT molecular complexity index is 1130. The maximum absolute atomic E-state index is 11.1. The van der Waals surface area contributed by atoms with E-state index >= 15 is 0 Å². The number of carbonyl (C=O) groups excluding carboxylic acids is 1. The Kier molecular flexibility index (Phi) is 6.76. The Labute approximate surface area is 193 Å². The van der Waals surface area contributed by atoms with Gasteiger partial charge in [0.15, 0.2) is 0 Å². The maximum atomic E-state index is 11.1. The van der Waals surface area contributed by atoms with E-state index in [4.69, 9.17) is 11.0 Å². The van der Waals surface area contributed by atoms with Gasteiger partial charge < -0.3 is 15.5 Å². The minimum Gasteiger partial charge on any atom is -0.369 e. The molecule has 9 heteroatoms. The van der Waals surface area contributed by atoms with Crippen LogP contribution in [0.5, 0.6) is 0 Å². The van der Waals surface area contributed by atoms with Gasteiger partial charge in [0, 0.05) is 50.7 Å². The number of primary amides is 1. The summed E-state index contributed by atoms with van der Waals surface area (Å²) in [6, 6.07) is 13.9. The van der Waals surface area contributed by atoms with Crippen molar-refractivity contribution in [1.29, 1.82) is 5.26 Å². The molecule has 2 aromatic heterocycles. The van der Waals surface area contributed by atoms with Crippen molar-refractivity contribution in [3.63, 3.8) is 0 Å². The number of likely N-dealkylation sites (N-methyl/N-ethyl adjacent to an activating group) is 1. The zero-order valence-corrected chi connectivity index (χ0v) is 18.6. The van der Waals surface area contributed by atoms with Crippen LogP contribution in [0.15, 0.2) is 55.0 Å². The van der Waals surface area contributed by atoms with Crippen molar-refractivity contribution in [1.82, 2.24) is 19.9 Å². The van der Waals surface area contributed by atoms with Gasteiger partial charge in [0.05, 0.1) is 18.4 Å². The number of pyridine rings is 1. The van der Waals surface area contributed by atoms with Crippen LogP contribution in [0.1, 0.15) is 11.3 Å². The van der Waals surface area contributed by atoms with Gasteiger partial charge in [-0.15, -0.1) is 0 Å². The minimum atomic E-state index is -0.341. The molecule has 9 nitrogen and oxygen atoms in total. The Morgan fingerprint density at radius 2 is 1.76 bits per heavy atom. The third-order valence-corrected chi connectivity index (χ3v) is 5.57. The van der Waals surface area contributed by atoms with E-state index < -0.39 is 0 Å². The fraction of sp³-hybridized carbons (Fsp3) is 0.292. The van der Waals surface area contributed by atoms with E-state index in [0.29, 0.717) is 18.2 Å². The summed E-state index contributed by atoms with van der Waals surface area (Å²) >= 11 is 0. The number of nitriles is 1. The molecule has 2 N–H and O–H groups in total. The van der Waals surface area contributed by atoms with E-state index in [1.54, 1.807) is 12.3 Å². The lowest BCUT2D eigenvalue weighted by molar-refractivity contribution is -0.118. The average Bonchev–Trinajstić information content (AvgIpc) is 2.84. The number of benzene rings is 1. The second-order valence-electron chi connectivity index (χ2n) is 8.10. The Morgan fingerprint density at radius 1 is 1.03 bits per heavy atom. The number of nitrogens with two attached hydrogens (primary N) is 1. The van der Waals surface area contributed by atoms with Crippen molar-refractivity contribution in [3.8, 4) is 17.2 Å². The van der Waals surface area contributed by atoms with Gasteiger partial charge in [0.1, 0.15) is 11.8 Å². The predicted octanol–water partition coefficient (Wildman–Crippen LogP) is 1.65. The lowest BCUT2D eigenvalue weighted by Crippen LogP contribution is -2.47. The summed E-state index contributed by atoms with van der Waals surface area (Å²) in [4.78, 5) is 30.8. The highest BCUT2D eigenvalue weighted by atomic mass is 16.1. The molecule has 4 rings (SSSR count). The highest BCUT2D eigenvalue weighted by Crippen LogP contribution is 2.22. The maximum Gasteiger partial charge on any atom is 0.231 e. The molecule has 3 aromatic rings. The number of piperazine rings is 1. The number of hydrogen-bond donors (Lipinski definition) is 1. The van der Waals surface area contributed by atoms with Crippen molar-refractivity contribution in [2.45, 2.75) is 6.54 Å². The molecule has 0 aliphatic carbocycles. The number of anilines is 2. The Hall–Kier alpha value is -4.03. The molecule has 1 aliphatic rings. The van der Waals surface area contributed by atoms with Gasteiger partial charge in [-0.1, -0.05) is 18.2 Å². The van der Waals surface area contributed by atoms with Crippen LogP contribution in [-0.2, 0) is 11.3 Å². The topological polar surface area (TPSA) is 115 Å². The minimum absolute atomic E-state index is 0.219. The van der Waals surface area contributed by atoms with E-state index in [0.717, 1.165) is 48.6 Å². The average molecular weight is 443 g/mol. The number of aromatic nitrogens is 3. The van der Waals surface area contributed by atoms with Gasteiger partial charge in [-0.25, -0.2) is 15.0 Å². The lowest BCUT2D eigenvalue weighted by atomic mass is 10.1. The predicted molar refractivity (Wildman–Crippen MR) is 126 cm³/mol. The van der Waals surface area contributed by atoms with Crippen LogP contribution in [0.3, 0.4) is 0 Å². The zero-order chi connectivity index (χ0) is 23.2. The molecular weight excluding hydrogens is 416 g/mol. The van der Waals surface area contributed by atoms with Crippen LogP contribution in [0, 0.1) is 11.3 Å². The molecule has 0 unspecified atom stereocenters. The second kappa shape index (κ2) is 10.1. The zero-order valence-electron chi connectivity index (χ0n) is 18.6. The standard InChI is InChI=1S/C24H26N8O/c1-30(17-23(26)33)16-18-3-2-4-19(11-18)20-13-28-24(29-14-20)32-9-7-31(8-10-32)22-6-5-21(12-25)27-15-22/h2-6,11,13-15H,7-10,16-17H2,1H3,(H2,26,33). The highest BCUT2D eigenvalue weighted by molar-refractivity contribution is 5.75. The van der Waals surface area contributed by atoms with Gasteiger partial charge in [-0.3, -0.25) is 9.69 Å². The first kappa shape index (κ1) is 22.2. The van der Waals surface area contributed by atoms with Crippen LogP contribution in [0.4, 0.5) is 11.6 Å². The summed E-state index contributed by atoms with van der Waals surface area (Å²) in [5, 5.41) is 8.90. The number of rotatable bonds is 7. The fourth-order valence-corrected chi connectivity index (χ4v) is 3.92. The number of hydrogen-bond acceptors (Lipinski definition) is 8. The second-order valence-corrected chi connectivity index (χ2v) is 8.10. The highest BCUT2D eigenvalue weighted by Gasteiger charge is 2.19. The van der Waals surface area contributed by atoms with Gasteiger partial charge in [-0.05, 0) is 36.4 Å². The normalized spacial score (nSPS) is 13.7. The summed E-state index contributed by atoms with van der Waals surface area (Å²) in [7, 11) is 1.87. The van der Waals surface area contributed by atoms with E-state index in [1.165, 1.54) is 0 Å². The summed E-state index contributed by atoms with van der Waals surface area (Å²) in [5.74, 6) is 0.376. The monoisotopic (exact) mass is 442 g/mol. The first-order valence-corrected chi connectivity index (χ1v) is 10.8. The first-order valence-electron chi connectivity index (χ1n) is 10.8. The molecule has 3 heterocycles. The van der Waals surface area contributed by atoms with E-state index in [1.807, 2.05) is 54.7 Å². The molecule has 0 atom stereocenters. The lowest BCUT2D eigenvalue weighted by Gasteiger charge is -2.35. The third-order valence-electron chi connectivity index (χ3n) is 5.57. The molecule has 1 saturated heterocycles. The molecule has 0 spiro atoms. The first-order chi connectivity index (χ1) is 16.0. The van der Waals surface area contributed by atoms with Gasteiger partial charge in [0.25, 0.3) is 0 Å². The molecule has 1 fully saturated rings. The summed E-state index contributed by atoms with van der Waals surface area (Å²) in [6.07, 6.45) is 5.45. The van der Waals surface area contributed by atoms with Gasteiger partial charge in [0.2, 0.25) is 11.9 Å². The van der Waals surface area contributed by atoms with Crippen molar-refractivity contribution >= 4 is 17.5 Å². The van der Waals surface area contributed by atoms with Gasteiger partial charge in [-0.2, -0.15) is 5.26 Å². The molecular formula is C24H26N8O. The molecule has 0 radical (unpaired) electrons. The Morgan fingerprint density at radius 3 is 2.39 bits per heavy atom. The van der Waals surface area contributed by atoms with E-state index in [2.05, 4.69) is 30.8 Å². The van der Waals surface area contributed by atoms with Crippen molar-refractivity contribution in [2.75, 3.05) is 49.6 Å². The fourth-order valence-electron chi connectivity index (χ4n) is 3.92. The van der Waals surface area contributed by atoms with Crippen LogP contribution in [0.25, 0.3) is 11.1 Å². The van der Waals surface area contributed by atoms with Crippen molar-refractivity contribution in [2.24, 2.45) is 5.73 Å². The molecule has 0 bridgehead atoms. The summed E-state index contributed by atoms with van der Waals surface area (Å²) in [5.41, 5.74) is 9.79. The summed E-state index contributed by atoms with van der Waals surface area (Å²) < 4.78 is 0. The molecule has 1 amide bonds. The van der Waals surface area contributed by atoms with Crippen LogP contribution in [-0.4, -0.2) is 65.5 Å². The number of amides is 1. The molecule has 1 aliphatic heterocycles. The number of nitrogens with zero attached hydrogens (tertiary/aromatic N) is 7. The molecule has 1 aromatic carbocycles. The quantitative estimate of drug-likeness (QED) is 0.587.